The van der Waals surface area contributed by atoms with Crippen molar-refractivity contribution in [2.24, 2.45) is 0 Å². The summed E-state index contributed by atoms with van der Waals surface area (Å²) in [5.41, 5.74) is 3.40. The molecule has 2 fully saturated rings. The van der Waals surface area contributed by atoms with Crippen molar-refractivity contribution >= 4 is 5.91 Å². The van der Waals surface area contributed by atoms with Gasteiger partial charge in [0.05, 0.1) is 17.9 Å². The van der Waals surface area contributed by atoms with E-state index >= 15 is 0 Å². The van der Waals surface area contributed by atoms with Gasteiger partial charge in [-0.05, 0) is 31.7 Å². The number of carbonyl (C=O) groups excluding carboxylic acids is 1. The van der Waals surface area contributed by atoms with Crippen LogP contribution in [0.1, 0.15) is 42.1 Å². The van der Waals surface area contributed by atoms with E-state index in [1.54, 1.807) is 6.33 Å². The number of nitrogens with one attached hydrogen (secondary N) is 2. The van der Waals surface area contributed by atoms with E-state index in [2.05, 4.69) is 39.2 Å². The standard InChI is InChI=1S/C19H24N4O/c1-14-17(21-13-20-14)12-23-9-7-19(8-10-23)11-16(18(24)22-19)15-5-3-2-4-6-15/h2-6,13,16H,7-12H2,1H3,(H,20,21)(H,22,24). The fourth-order valence-corrected chi connectivity index (χ4v) is 4.06. The molecule has 1 aromatic heterocycles. The molecule has 5 heteroatoms. The van der Waals surface area contributed by atoms with Gasteiger partial charge in [0.25, 0.3) is 0 Å². The van der Waals surface area contributed by atoms with Gasteiger partial charge in [-0.1, -0.05) is 30.3 Å². The predicted octanol–water partition coefficient (Wildman–Crippen LogP) is 2.36. The van der Waals surface area contributed by atoms with E-state index in [1.165, 1.54) is 0 Å². The van der Waals surface area contributed by atoms with Crippen molar-refractivity contribution in [3.63, 3.8) is 0 Å². The summed E-state index contributed by atoms with van der Waals surface area (Å²) in [6, 6.07) is 10.2. The van der Waals surface area contributed by atoms with Crippen LogP contribution in [-0.2, 0) is 11.3 Å². The maximum atomic E-state index is 12.5. The van der Waals surface area contributed by atoms with E-state index < -0.39 is 0 Å². The van der Waals surface area contributed by atoms with Crippen molar-refractivity contribution in [3.8, 4) is 0 Å². The Kier molecular flexibility index (Phi) is 3.88. The Morgan fingerprint density at radius 3 is 2.67 bits per heavy atom. The van der Waals surface area contributed by atoms with Crippen LogP contribution in [0, 0.1) is 6.92 Å². The van der Waals surface area contributed by atoms with Crippen LogP contribution in [0.15, 0.2) is 36.7 Å². The van der Waals surface area contributed by atoms with E-state index in [-0.39, 0.29) is 17.4 Å². The third-order valence-electron chi connectivity index (χ3n) is 5.62. The molecular weight excluding hydrogens is 300 g/mol. The number of aryl methyl sites for hydroxylation is 1. The number of H-pyrrole nitrogens is 1. The molecule has 4 rings (SSSR count). The van der Waals surface area contributed by atoms with Crippen molar-refractivity contribution in [2.45, 2.75) is 44.2 Å². The van der Waals surface area contributed by atoms with E-state index in [9.17, 15) is 4.79 Å². The molecule has 2 aliphatic rings. The third-order valence-corrected chi connectivity index (χ3v) is 5.62. The van der Waals surface area contributed by atoms with Crippen LogP contribution in [0.4, 0.5) is 0 Å². The first-order valence-corrected chi connectivity index (χ1v) is 8.73. The molecule has 1 unspecified atom stereocenters. The summed E-state index contributed by atoms with van der Waals surface area (Å²) in [6.07, 6.45) is 4.72. The zero-order valence-electron chi connectivity index (χ0n) is 14.1. The second kappa shape index (κ2) is 6.06. The number of carbonyl (C=O) groups is 1. The van der Waals surface area contributed by atoms with Crippen LogP contribution in [0.5, 0.6) is 0 Å². The van der Waals surface area contributed by atoms with E-state index in [1.807, 2.05) is 18.2 Å². The summed E-state index contributed by atoms with van der Waals surface area (Å²) in [4.78, 5) is 22.5. The molecule has 2 aromatic rings. The summed E-state index contributed by atoms with van der Waals surface area (Å²) in [7, 11) is 0. The third kappa shape index (κ3) is 2.84. The molecule has 1 spiro atoms. The second-order valence-electron chi connectivity index (χ2n) is 7.19. The molecule has 5 nitrogen and oxygen atoms in total. The van der Waals surface area contributed by atoms with E-state index in [0.29, 0.717) is 0 Å². The Labute approximate surface area is 142 Å². The van der Waals surface area contributed by atoms with Crippen LogP contribution in [0.2, 0.25) is 0 Å². The molecule has 2 saturated heterocycles. The quantitative estimate of drug-likeness (QED) is 0.911. The Balaban J connectivity index is 1.40. The molecule has 0 radical (unpaired) electrons. The van der Waals surface area contributed by atoms with Crippen LogP contribution in [0.3, 0.4) is 0 Å². The molecule has 1 atom stereocenters. The number of amides is 1. The average Bonchev–Trinajstić information content (AvgIpc) is 3.14. The number of rotatable bonds is 3. The van der Waals surface area contributed by atoms with Gasteiger partial charge < -0.3 is 10.3 Å². The lowest BCUT2D eigenvalue weighted by Crippen LogP contribution is -2.50. The van der Waals surface area contributed by atoms with Gasteiger partial charge in [-0.3, -0.25) is 9.69 Å². The predicted molar refractivity (Wildman–Crippen MR) is 92.5 cm³/mol. The molecular formula is C19H24N4O. The highest BCUT2D eigenvalue weighted by atomic mass is 16.2. The zero-order valence-corrected chi connectivity index (χ0v) is 14.1. The lowest BCUT2D eigenvalue weighted by atomic mass is 9.82. The molecule has 1 aromatic carbocycles. The Hall–Kier alpha value is -2.14. The minimum atomic E-state index is -0.0191. The normalized spacial score (nSPS) is 23.5. The highest BCUT2D eigenvalue weighted by molar-refractivity contribution is 5.87. The fourth-order valence-electron chi connectivity index (χ4n) is 4.06. The second-order valence-corrected chi connectivity index (χ2v) is 7.19. The summed E-state index contributed by atoms with van der Waals surface area (Å²) >= 11 is 0. The molecule has 126 valence electrons. The zero-order chi connectivity index (χ0) is 16.6. The molecule has 0 bridgehead atoms. The Morgan fingerprint density at radius 1 is 1.25 bits per heavy atom. The van der Waals surface area contributed by atoms with Gasteiger partial charge in [-0.15, -0.1) is 0 Å². The first kappa shape index (κ1) is 15.4. The van der Waals surface area contributed by atoms with Crippen molar-refractivity contribution in [1.82, 2.24) is 20.2 Å². The number of hydrogen-bond acceptors (Lipinski definition) is 3. The van der Waals surface area contributed by atoms with Crippen molar-refractivity contribution < 1.29 is 4.79 Å². The maximum absolute atomic E-state index is 12.5. The number of aromatic amines is 1. The molecule has 0 saturated carbocycles. The molecule has 3 heterocycles. The number of likely N-dealkylation sites (tertiary alicyclic amines) is 1. The SMILES string of the molecule is Cc1[nH]cnc1CN1CCC2(CC1)CC(c1ccccc1)C(=O)N2. The van der Waals surface area contributed by atoms with Crippen LogP contribution >= 0.6 is 0 Å². The van der Waals surface area contributed by atoms with Crippen LogP contribution < -0.4 is 5.32 Å². The average molecular weight is 324 g/mol. The number of nitrogens with zero attached hydrogens (tertiary/aromatic N) is 2. The van der Waals surface area contributed by atoms with Crippen molar-refractivity contribution in [2.75, 3.05) is 13.1 Å². The van der Waals surface area contributed by atoms with Gasteiger partial charge in [0.15, 0.2) is 0 Å². The minimum absolute atomic E-state index is 0.00587. The summed E-state index contributed by atoms with van der Waals surface area (Å²) in [6.45, 7) is 4.97. The largest absolute Gasteiger partial charge is 0.350 e. The van der Waals surface area contributed by atoms with E-state index in [4.69, 9.17) is 0 Å². The maximum Gasteiger partial charge on any atom is 0.228 e. The number of benzene rings is 1. The summed E-state index contributed by atoms with van der Waals surface area (Å²) in [5.74, 6) is 0.198. The number of imidazole rings is 1. The molecule has 0 aliphatic carbocycles. The molecule has 1 amide bonds. The highest BCUT2D eigenvalue weighted by Crippen LogP contribution is 2.39. The van der Waals surface area contributed by atoms with Gasteiger partial charge in [-0.2, -0.15) is 0 Å². The van der Waals surface area contributed by atoms with Crippen LogP contribution in [-0.4, -0.2) is 39.4 Å². The van der Waals surface area contributed by atoms with E-state index in [0.717, 1.165) is 55.8 Å². The van der Waals surface area contributed by atoms with Gasteiger partial charge in [0.2, 0.25) is 5.91 Å². The Bertz CT molecular complexity index is 716. The number of hydrogen-bond donors (Lipinski definition) is 2. The smallest absolute Gasteiger partial charge is 0.228 e. The van der Waals surface area contributed by atoms with Crippen molar-refractivity contribution in [3.05, 3.63) is 53.6 Å². The van der Waals surface area contributed by atoms with Gasteiger partial charge in [0.1, 0.15) is 0 Å². The van der Waals surface area contributed by atoms with Crippen molar-refractivity contribution in [1.29, 1.82) is 0 Å². The highest BCUT2D eigenvalue weighted by Gasteiger charge is 2.46. The molecule has 2 aliphatic heterocycles. The van der Waals surface area contributed by atoms with Gasteiger partial charge in [0, 0.05) is 30.9 Å². The summed E-state index contributed by atoms with van der Waals surface area (Å²) < 4.78 is 0. The topological polar surface area (TPSA) is 61.0 Å². The molecule has 24 heavy (non-hydrogen) atoms. The first-order chi connectivity index (χ1) is 11.7. The number of piperidine rings is 1. The number of aromatic nitrogens is 2. The first-order valence-electron chi connectivity index (χ1n) is 8.73. The molecule has 2 N–H and O–H groups in total. The lowest BCUT2D eigenvalue weighted by Gasteiger charge is -2.39. The summed E-state index contributed by atoms with van der Waals surface area (Å²) in [5, 5.41) is 3.32. The minimum Gasteiger partial charge on any atom is -0.350 e. The fraction of sp³-hybridized carbons (Fsp3) is 0.474. The monoisotopic (exact) mass is 324 g/mol. The lowest BCUT2D eigenvalue weighted by molar-refractivity contribution is -0.121. The van der Waals surface area contributed by atoms with Crippen LogP contribution in [0.25, 0.3) is 0 Å². The van der Waals surface area contributed by atoms with Gasteiger partial charge >= 0.3 is 0 Å². The Morgan fingerprint density at radius 2 is 2.00 bits per heavy atom. The van der Waals surface area contributed by atoms with Gasteiger partial charge in [-0.25, -0.2) is 4.98 Å².